The lowest BCUT2D eigenvalue weighted by molar-refractivity contribution is 0.568. The molecule has 0 aliphatic rings. The highest BCUT2D eigenvalue weighted by molar-refractivity contribution is 6.39. The summed E-state index contributed by atoms with van der Waals surface area (Å²) in [4.78, 5) is 4.13. The first-order valence-corrected chi connectivity index (χ1v) is 26.0. The minimum Gasteiger partial charge on any atom is -0.354 e. The summed E-state index contributed by atoms with van der Waals surface area (Å²) < 4.78 is 2.58. The van der Waals surface area contributed by atoms with Crippen LogP contribution in [0.25, 0.3) is 116 Å². The van der Waals surface area contributed by atoms with Gasteiger partial charge in [0, 0.05) is 43.4 Å². The van der Waals surface area contributed by atoms with Crippen LogP contribution in [0.5, 0.6) is 0 Å². The molecule has 0 spiro atoms. The first-order chi connectivity index (χ1) is 34.2. The van der Waals surface area contributed by atoms with E-state index in [1.807, 2.05) is 0 Å². The Bertz CT molecular complexity index is 4040. The lowest BCUT2D eigenvalue weighted by Crippen LogP contribution is -2.16. The Morgan fingerprint density at radius 2 is 0.750 bits per heavy atom. The molecule has 0 radical (unpaired) electrons. The Morgan fingerprint density at radius 1 is 0.319 bits per heavy atom. The molecule has 0 saturated heterocycles. The normalized spacial score (nSPS) is 13.0. The van der Waals surface area contributed by atoms with E-state index >= 15 is 0 Å². The van der Waals surface area contributed by atoms with Gasteiger partial charge in [-0.05, 0) is 112 Å². The van der Waals surface area contributed by atoms with E-state index in [2.05, 4.69) is 268 Å². The predicted octanol–water partition coefficient (Wildman–Crippen LogP) is 20.0. The molecule has 2 nitrogen and oxygen atoms in total. The molecule has 72 heavy (non-hydrogen) atoms. The van der Waals surface area contributed by atoms with E-state index in [0.717, 1.165) is 5.52 Å². The van der Waals surface area contributed by atoms with E-state index in [4.69, 9.17) is 0 Å². The monoisotopic (exact) mass is 935 g/mol. The van der Waals surface area contributed by atoms with Crippen LogP contribution in [0.3, 0.4) is 0 Å². The maximum atomic E-state index is 4.13. The Balaban J connectivity index is 1.11. The Morgan fingerprint density at radius 3 is 1.26 bits per heavy atom. The molecule has 0 aliphatic carbocycles. The Kier molecular flexibility index (Phi) is 10.2. The van der Waals surface area contributed by atoms with Crippen molar-refractivity contribution in [2.24, 2.45) is 0 Å². The molecule has 12 rings (SSSR count). The van der Waals surface area contributed by atoms with Gasteiger partial charge in [0.25, 0.3) is 0 Å². The van der Waals surface area contributed by atoms with Gasteiger partial charge in [-0.1, -0.05) is 241 Å². The summed E-state index contributed by atoms with van der Waals surface area (Å²) in [5, 5.41) is 7.63. The highest BCUT2D eigenvalue weighted by Gasteiger charge is 2.29. The number of benzene rings is 9. The second-order valence-electron chi connectivity index (χ2n) is 24.7. The van der Waals surface area contributed by atoms with Gasteiger partial charge in [0.05, 0.1) is 22.1 Å². The van der Waals surface area contributed by atoms with Crippen molar-refractivity contribution in [1.29, 1.82) is 0 Å². The number of nitrogens with zero attached hydrogens (tertiary/aromatic N) is 1. The molecule has 0 saturated carbocycles. The molecule has 2 heteroatoms. The van der Waals surface area contributed by atoms with Crippen LogP contribution in [-0.4, -0.2) is 9.38 Å². The van der Waals surface area contributed by atoms with Crippen molar-refractivity contribution in [2.45, 2.75) is 105 Å². The summed E-state index contributed by atoms with van der Waals surface area (Å²) in [6, 6.07) is 67.0. The summed E-state index contributed by atoms with van der Waals surface area (Å²) in [6.45, 7) is 27.9. The van der Waals surface area contributed by atoms with E-state index in [1.54, 1.807) is 0 Å². The van der Waals surface area contributed by atoms with Gasteiger partial charge in [0.2, 0.25) is 0 Å². The summed E-state index contributed by atoms with van der Waals surface area (Å²) in [6.07, 6.45) is 0. The molecule has 0 aliphatic heterocycles. The molecule has 12 aromatic rings. The third-order valence-corrected chi connectivity index (χ3v) is 15.7. The standard InChI is InChI=1S/C70H66N2/c1-67(2,3)47-34-45(35-48(40-47)68(4,5)6)53-26-18-16-24-51(53)43-30-32-55-58(38-43)71-65-61(42-22-14-13-15-23-42)63-57-33-31-44(39-60(57)72-59-29-21-20-28-56(59)64(62(55)65)66(63)72)52-25-17-19-27-54(52)46-36-49(69(7,8)9)41-50(37-46)70(10,11)12/h13-41,71H,1-12H3. The first-order valence-electron chi connectivity index (χ1n) is 26.0. The maximum Gasteiger partial charge on any atom is 0.0634 e. The number of fused-ring (bicyclic) bond motifs is 10. The summed E-state index contributed by atoms with van der Waals surface area (Å²) in [5.41, 5.74) is 23.9. The summed E-state index contributed by atoms with van der Waals surface area (Å²) >= 11 is 0. The van der Waals surface area contributed by atoms with E-state index in [1.165, 1.54) is 132 Å². The molecule has 0 unspecified atom stereocenters. The number of H-pyrrole nitrogens is 1. The number of aromatic amines is 1. The molecule has 0 amide bonds. The van der Waals surface area contributed by atoms with Gasteiger partial charge in [0.15, 0.2) is 0 Å². The van der Waals surface area contributed by atoms with Crippen molar-refractivity contribution >= 4 is 59.9 Å². The molecule has 1 N–H and O–H groups in total. The molecule has 9 aromatic carbocycles. The third kappa shape index (κ3) is 7.36. The van der Waals surface area contributed by atoms with Gasteiger partial charge >= 0.3 is 0 Å². The average molecular weight is 935 g/mol. The van der Waals surface area contributed by atoms with Crippen LogP contribution in [0.1, 0.15) is 105 Å². The number of rotatable bonds is 5. The van der Waals surface area contributed by atoms with E-state index in [0.29, 0.717) is 0 Å². The van der Waals surface area contributed by atoms with E-state index in [9.17, 15) is 0 Å². The van der Waals surface area contributed by atoms with Crippen molar-refractivity contribution in [3.05, 3.63) is 198 Å². The van der Waals surface area contributed by atoms with Crippen molar-refractivity contribution in [1.82, 2.24) is 9.38 Å². The fourth-order valence-electron chi connectivity index (χ4n) is 11.6. The lowest BCUT2D eigenvalue weighted by atomic mass is 9.78. The molecule has 356 valence electrons. The van der Waals surface area contributed by atoms with Gasteiger partial charge < -0.3 is 9.38 Å². The van der Waals surface area contributed by atoms with Gasteiger partial charge in [-0.15, -0.1) is 0 Å². The van der Waals surface area contributed by atoms with Gasteiger partial charge in [-0.2, -0.15) is 0 Å². The maximum absolute atomic E-state index is 4.13. The molecule has 3 heterocycles. The predicted molar refractivity (Wildman–Crippen MR) is 312 cm³/mol. The topological polar surface area (TPSA) is 20.2 Å². The van der Waals surface area contributed by atoms with Crippen molar-refractivity contribution in [3.8, 4) is 55.6 Å². The first kappa shape index (κ1) is 45.7. The van der Waals surface area contributed by atoms with Gasteiger partial charge in [0.1, 0.15) is 0 Å². The van der Waals surface area contributed by atoms with E-state index in [-0.39, 0.29) is 21.7 Å². The average Bonchev–Trinajstić information content (AvgIpc) is 4.01. The highest BCUT2D eigenvalue weighted by atomic mass is 14.9. The highest BCUT2D eigenvalue weighted by Crippen LogP contribution is 2.52. The second-order valence-corrected chi connectivity index (χ2v) is 24.7. The zero-order valence-corrected chi connectivity index (χ0v) is 44.2. The van der Waals surface area contributed by atoms with Crippen molar-refractivity contribution in [3.63, 3.8) is 0 Å². The zero-order chi connectivity index (χ0) is 50.2. The molecule has 0 atom stereocenters. The fraction of sp³-hybridized carbons (Fsp3) is 0.229. The van der Waals surface area contributed by atoms with Gasteiger partial charge in [-0.3, -0.25) is 0 Å². The minimum absolute atomic E-state index is 0.0147. The van der Waals surface area contributed by atoms with Crippen LogP contribution in [0.15, 0.2) is 176 Å². The van der Waals surface area contributed by atoms with Crippen LogP contribution < -0.4 is 0 Å². The largest absolute Gasteiger partial charge is 0.354 e. The molecule has 0 fully saturated rings. The van der Waals surface area contributed by atoms with Crippen LogP contribution in [-0.2, 0) is 21.7 Å². The minimum atomic E-state index is 0.0147. The third-order valence-electron chi connectivity index (χ3n) is 15.7. The summed E-state index contributed by atoms with van der Waals surface area (Å²) in [5.74, 6) is 0. The van der Waals surface area contributed by atoms with Crippen molar-refractivity contribution < 1.29 is 0 Å². The summed E-state index contributed by atoms with van der Waals surface area (Å²) in [7, 11) is 0. The number of nitrogens with one attached hydrogen (secondary N) is 1. The van der Waals surface area contributed by atoms with E-state index < -0.39 is 0 Å². The number of para-hydroxylation sites is 1. The Labute approximate surface area is 425 Å². The molecule has 3 aromatic heterocycles. The molecule has 0 bridgehead atoms. The second kappa shape index (κ2) is 16.0. The fourth-order valence-corrected chi connectivity index (χ4v) is 11.6. The molecular weight excluding hydrogens is 869 g/mol. The number of hydrogen-bond donors (Lipinski definition) is 1. The number of aromatic nitrogens is 2. The van der Waals surface area contributed by atoms with Crippen LogP contribution in [0.2, 0.25) is 0 Å². The van der Waals surface area contributed by atoms with Crippen LogP contribution in [0, 0.1) is 0 Å². The smallest absolute Gasteiger partial charge is 0.0634 e. The van der Waals surface area contributed by atoms with Crippen molar-refractivity contribution in [2.75, 3.05) is 0 Å². The van der Waals surface area contributed by atoms with Crippen LogP contribution in [0.4, 0.5) is 0 Å². The van der Waals surface area contributed by atoms with Gasteiger partial charge in [-0.25, -0.2) is 0 Å². The SMILES string of the molecule is CC(C)(C)c1cc(-c2ccccc2-c2ccc3c(c2)[nH]c2c(-c4ccccc4)c4c5ccc(-c6ccccc6-c6cc(C(C)(C)C)cc(C(C)(C)C)c6)cc5n5c6ccccc6c(c23)c45)cc(C(C)(C)C)c1. The lowest BCUT2D eigenvalue weighted by Gasteiger charge is -2.26. The van der Waals surface area contributed by atoms with Crippen LogP contribution >= 0.6 is 0 Å². The zero-order valence-electron chi connectivity index (χ0n) is 44.2. The number of hydrogen-bond acceptors (Lipinski definition) is 0. The Hall–Kier alpha value is -7.42. The molecular formula is C70H66N2. The quantitative estimate of drug-likeness (QED) is 0.177.